The number of aromatic nitrogens is 1. The summed E-state index contributed by atoms with van der Waals surface area (Å²) in [5.74, 6) is 0.486. The van der Waals surface area contributed by atoms with Crippen LogP contribution in [0, 0.1) is 0 Å². The molecule has 4 nitrogen and oxygen atoms in total. The number of hydrogen-bond acceptors (Lipinski definition) is 4. The van der Waals surface area contributed by atoms with Crippen LogP contribution in [-0.2, 0) is 16.0 Å². The lowest BCUT2D eigenvalue weighted by atomic mass is 10.1. The Labute approximate surface area is 82.9 Å². The topological polar surface area (TPSA) is 48.4 Å². The Morgan fingerprint density at radius 2 is 2.29 bits per heavy atom. The third-order valence-electron chi connectivity index (χ3n) is 1.92. The Hall–Kier alpha value is -1.58. The summed E-state index contributed by atoms with van der Waals surface area (Å²) in [4.78, 5) is 14.8. The zero-order valence-electron chi connectivity index (χ0n) is 8.32. The largest absolute Gasteiger partial charge is 0.495 e. The van der Waals surface area contributed by atoms with E-state index in [0.29, 0.717) is 18.6 Å². The van der Waals surface area contributed by atoms with Gasteiger partial charge in [0.2, 0.25) is 0 Å². The highest BCUT2D eigenvalue weighted by Crippen LogP contribution is 2.17. The summed E-state index contributed by atoms with van der Waals surface area (Å²) in [5.41, 5.74) is 0.966. The Bertz CT molecular complexity index is 312. The average molecular weight is 195 g/mol. The molecule has 0 saturated heterocycles. The minimum absolute atomic E-state index is 0.219. The second-order valence-corrected chi connectivity index (χ2v) is 2.76. The number of pyridine rings is 1. The summed E-state index contributed by atoms with van der Waals surface area (Å²) in [6, 6.07) is 1.84. The van der Waals surface area contributed by atoms with E-state index in [1.54, 1.807) is 19.5 Å². The van der Waals surface area contributed by atoms with Crippen LogP contribution in [-0.4, -0.2) is 25.2 Å². The van der Waals surface area contributed by atoms with Crippen molar-refractivity contribution in [1.82, 2.24) is 4.98 Å². The van der Waals surface area contributed by atoms with Gasteiger partial charge in [0.05, 0.1) is 20.4 Å². The van der Waals surface area contributed by atoms with Crippen molar-refractivity contribution in [2.24, 2.45) is 0 Å². The quantitative estimate of drug-likeness (QED) is 0.677. The fourth-order valence-electron chi connectivity index (χ4n) is 1.14. The van der Waals surface area contributed by atoms with Gasteiger partial charge in [-0.1, -0.05) is 0 Å². The lowest BCUT2D eigenvalue weighted by Gasteiger charge is -2.06. The lowest BCUT2D eigenvalue weighted by molar-refractivity contribution is -0.140. The van der Waals surface area contributed by atoms with Crippen molar-refractivity contribution in [3.63, 3.8) is 0 Å². The number of hydrogen-bond donors (Lipinski definition) is 0. The van der Waals surface area contributed by atoms with E-state index in [2.05, 4.69) is 9.72 Å². The van der Waals surface area contributed by atoms with Gasteiger partial charge in [0, 0.05) is 12.6 Å². The second-order valence-electron chi connectivity index (χ2n) is 2.76. The van der Waals surface area contributed by atoms with Gasteiger partial charge in [0.15, 0.2) is 0 Å². The molecular formula is C10H13NO3. The molecule has 14 heavy (non-hydrogen) atoms. The van der Waals surface area contributed by atoms with Gasteiger partial charge in [-0.3, -0.25) is 9.78 Å². The smallest absolute Gasteiger partial charge is 0.305 e. The predicted octanol–water partition coefficient (Wildman–Crippen LogP) is 1.20. The van der Waals surface area contributed by atoms with E-state index in [9.17, 15) is 4.79 Å². The highest BCUT2D eigenvalue weighted by molar-refractivity contribution is 5.69. The molecule has 1 aromatic rings. The molecule has 0 saturated carbocycles. The maximum Gasteiger partial charge on any atom is 0.305 e. The van der Waals surface area contributed by atoms with Crippen molar-refractivity contribution in [2.75, 3.05) is 14.2 Å². The first kappa shape index (κ1) is 10.5. The SMILES string of the molecule is COC(=O)CCc1ccncc1OC. The number of carbonyl (C=O) groups excluding carboxylic acids is 1. The second kappa shape index (κ2) is 5.21. The van der Waals surface area contributed by atoms with Crippen molar-refractivity contribution >= 4 is 5.97 Å². The fraction of sp³-hybridized carbons (Fsp3) is 0.400. The fourth-order valence-corrected chi connectivity index (χ4v) is 1.14. The Kier molecular flexibility index (Phi) is 3.91. The third-order valence-corrected chi connectivity index (χ3v) is 1.92. The van der Waals surface area contributed by atoms with Gasteiger partial charge >= 0.3 is 5.97 Å². The van der Waals surface area contributed by atoms with Crippen LogP contribution >= 0.6 is 0 Å². The molecule has 0 unspecified atom stereocenters. The van der Waals surface area contributed by atoms with E-state index in [0.717, 1.165) is 5.56 Å². The highest BCUT2D eigenvalue weighted by Gasteiger charge is 2.05. The maximum absolute atomic E-state index is 10.9. The van der Waals surface area contributed by atoms with Crippen LogP contribution in [0.2, 0.25) is 0 Å². The predicted molar refractivity (Wildman–Crippen MR) is 51.1 cm³/mol. The van der Waals surface area contributed by atoms with E-state index < -0.39 is 0 Å². The van der Waals surface area contributed by atoms with Crippen LogP contribution in [0.1, 0.15) is 12.0 Å². The number of rotatable bonds is 4. The standard InChI is InChI=1S/C10H13NO3/c1-13-9-7-11-6-5-8(9)3-4-10(12)14-2/h5-7H,3-4H2,1-2H3. The minimum atomic E-state index is -0.219. The van der Waals surface area contributed by atoms with Crippen LogP contribution in [0.3, 0.4) is 0 Å². The lowest BCUT2D eigenvalue weighted by Crippen LogP contribution is -2.03. The third kappa shape index (κ3) is 2.73. The summed E-state index contributed by atoms with van der Waals surface area (Å²) in [6.45, 7) is 0. The molecule has 0 bridgehead atoms. The van der Waals surface area contributed by atoms with Gasteiger partial charge in [-0.05, 0) is 18.1 Å². The molecule has 76 valence electrons. The Morgan fingerprint density at radius 3 is 2.93 bits per heavy atom. The zero-order valence-corrected chi connectivity index (χ0v) is 8.32. The van der Waals surface area contributed by atoms with Gasteiger partial charge < -0.3 is 9.47 Å². The first-order valence-electron chi connectivity index (χ1n) is 4.31. The van der Waals surface area contributed by atoms with Crippen molar-refractivity contribution in [2.45, 2.75) is 12.8 Å². The number of ether oxygens (including phenoxy) is 2. The molecule has 0 aromatic carbocycles. The minimum Gasteiger partial charge on any atom is -0.495 e. The molecule has 0 amide bonds. The zero-order chi connectivity index (χ0) is 10.4. The van der Waals surface area contributed by atoms with Crippen molar-refractivity contribution in [3.05, 3.63) is 24.0 Å². The molecule has 4 heteroatoms. The number of aryl methyl sites for hydroxylation is 1. The first-order chi connectivity index (χ1) is 6.77. The first-order valence-corrected chi connectivity index (χ1v) is 4.31. The van der Waals surface area contributed by atoms with Crippen LogP contribution in [0.25, 0.3) is 0 Å². The maximum atomic E-state index is 10.9. The molecule has 1 heterocycles. The van der Waals surface area contributed by atoms with Crippen LogP contribution in [0.15, 0.2) is 18.5 Å². The molecular weight excluding hydrogens is 182 g/mol. The van der Waals surface area contributed by atoms with Crippen LogP contribution in [0.4, 0.5) is 0 Å². The van der Waals surface area contributed by atoms with Gasteiger partial charge in [-0.15, -0.1) is 0 Å². The molecule has 0 fully saturated rings. The summed E-state index contributed by atoms with van der Waals surface area (Å²) >= 11 is 0. The monoisotopic (exact) mass is 195 g/mol. The van der Waals surface area contributed by atoms with Gasteiger partial charge in [-0.2, -0.15) is 0 Å². The molecule has 1 aromatic heterocycles. The average Bonchev–Trinajstić information content (AvgIpc) is 2.26. The molecule has 0 aliphatic heterocycles. The van der Waals surface area contributed by atoms with Crippen LogP contribution < -0.4 is 4.74 Å². The summed E-state index contributed by atoms with van der Waals surface area (Å²) in [5, 5.41) is 0. The van der Waals surface area contributed by atoms with E-state index in [4.69, 9.17) is 4.74 Å². The van der Waals surface area contributed by atoms with Gasteiger partial charge in [0.1, 0.15) is 5.75 Å². The summed E-state index contributed by atoms with van der Waals surface area (Å²) in [6.07, 6.45) is 4.27. The summed E-state index contributed by atoms with van der Waals surface area (Å²) < 4.78 is 9.65. The van der Waals surface area contributed by atoms with E-state index in [1.807, 2.05) is 6.07 Å². The van der Waals surface area contributed by atoms with Crippen molar-refractivity contribution in [1.29, 1.82) is 0 Å². The van der Waals surface area contributed by atoms with Gasteiger partial charge in [-0.25, -0.2) is 0 Å². The molecule has 1 rings (SSSR count). The van der Waals surface area contributed by atoms with Gasteiger partial charge in [0.25, 0.3) is 0 Å². The number of esters is 1. The van der Waals surface area contributed by atoms with Crippen molar-refractivity contribution in [3.8, 4) is 5.75 Å². The highest BCUT2D eigenvalue weighted by atomic mass is 16.5. The molecule has 0 aliphatic rings. The van der Waals surface area contributed by atoms with E-state index in [-0.39, 0.29) is 5.97 Å². The molecule has 0 N–H and O–H groups in total. The van der Waals surface area contributed by atoms with Crippen molar-refractivity contribution < 1.29 is 14.3 Å². The molecule has 0 spiro atoms. The molecule has 0 aliphatic carbocycles. The van der Waals surface area contributed by atoms with E-state index in [1.165, 1.54) is 7.11 Å². The van der Waals surface area contributed by atoms with Crippen LogP contribution in [0.5, 0.6) is 5.75 Å². The Morgan fingerprint density at radius 1 is 1.50 bits per heavy atom. The number of methoxy groups -OCH3 is 2. The molecule has 0 atom stereocenters. The normalized spacial score (nSPS) is 9.57. The number of nitrogens with zero attached hydrogens (tertiary/aromatic N) is 1. The summed E-state index contributed by atoms with van der Waals surface area (Å²) in [7, 11) is 2.96. The molecule has 0 radical (unpaired) electrons. The number of carbonyl (C=O) groups is 1. The van der Waals surface area contributed by atoms with E-state index >= 15 is 0 Å². The Balaban J connectivity index is 2.61.